The van der Waals surface area contributed by atoms with Crippen LogP contribution in [-0.2, 0) is 9.84 Å². The van der Waals surface area contributed by atoms with Crippen molar-refractivity contribution in [2.75, 3.05) is 31.7 Å². The molecule has 6 nitrogen and oxygen atoms in total. The molecule has 0 aliphatic heterocycles. The van der Waals surface area contributed by atoms with Gasteiger partial charge in [-0.2, -0.15) is 0 Å². The first-order chi connectivity index (χ1) is 10.2. The van der Waals surface area contributed by atoms with E-state index >= 15 is 0 Å². The summed E-state index contributed by atoms with van der Waals surface area (Å²) >= 11 is 0. The van der Waals surface area contributed by atoms with Crippen molar-refractivity contribution in [1.82, 2.24) is 10.6 Å². The zero-order valence-electron chi connectivity index (χ0n) is 14.6. The van der Waals surface area contributed by atoms with Crippen molar-refractivity contribution in [3.05, 3.63) is 0 Å². The van der Waals surface area contributed by atoms with Crippen LogP contribution in [0.5, 0.6) is 0 Å². The second-order valence-corrected chi connectivity index (χ2v) is 8.28. The summed E-state index contributed by atoms with van der Waals surface area (Å²) in [6, 6.07) is 0.0132. The lowest BCUT2D eigenvalue weighted by molar-refractivity contribution is 0.123. The van der Waals surface area contributed by atoms with Crippen molar-refractivity contribution in [2.24, 2.45) is 10.4 Å². The van der Waals surface area contributed by atoms with Gasteiger partial charge in [-0.3, -0.25) is 4.99 Å². The van der Waals surface area contributed by atoms with Gasteiger partial charge in [0.05, 0.1) is 18.9 Å². The molecule has 22 heavy (non-hydrogen) atoms. The fourth-order valence-electron chi connectivity index (χ4n) is 2.01. The van der Waals surface area contributed by atoms with Crippen LogP contribution < -0.4 is 10.6 Å². The van der Waals surface area contributed by atoms with Gasteiger partial charge in [0.15, 0.2) is 5.96 Å². The summed E-state index contributed by atoms with van der Waals surface area (Å²) in [7, 11) is -2.95. The minimum atomic E-state index is -2.95. The van der Waals surface area contributed by atoms with Gasteiger partial charge in [-0.25, -0.2) is 8.42 Å². The Bertz CT molecular complexity index is 423. The van der Waals surface area contributed by atoms with Crippen LogP contribution in [0, 0.1) is 5.41 Å². The number of aliphatic hydroxyl groups excluding tert-OH is 1. The van der Waals surface area contributed by atoms with Crippen molar-refractivity contribution in [2.45, 2.75) is 53.0 Å². The van der Waals surface area contributed by atoms with E-state index in [1.165, 1.54) is 6.26 Å². The highest BCUT2D eigenvalue weighted by molar-refractivity contribution is 7.90. The van der Waals surface area contributed by atoms with E-state index in [0.29, 0.717) is 18.9 Å². The fourth-order valence-corrected chi connectivity index (χ4v) is 2.79. The van der Waals surface area contributed by atoms with Crippen LogP contribution in [0.15, 0.2) is 4.99 Å². The zero-order chi connectivity index (χ0) is 17.2. The molecule has 0 aromatic heterocycles. The Morgan fingerprint density at radius 2 is 1.86 bits per heavy atom. The van der Waals surface area contributed by atoms with Gasteiger partial charge in [-0.15, -0.1) is 0 Å². The van der Waals surface area contributed by atoms with Gasteiger partial charge >= 0.3 is 0 Å². The highest BCUT2D eigenvalue weighted by atomic mass is 32.2. The summed E-state index contributed by atoms with van der Waals surface area (Å²) in [5.74, 6) is 0.827. The van der Waals surface area contributed by atoms with E-state index in [0.717, 1.165) is 19.4 Å². The Hall–Kier alpha value is -0.820. The van der Waals surface area contributed by atoms with Crippen LogP contribution in [0.3, 0.4) is 0 Å². The molecule has 0 radical (unpaired) electrons. The molecule has 1 atom stereocenters. The summed E-state index contributed by atoms with van der Waals surface area (Å²) in [5, 5.41) is 16.0. The maximum atomic E-state index is 11.2. The second kappa shape index (κ2) is 10.0. The van der Waals surface area contributed by atoms with E-state index < -0.39 is 9.84 Å². The standard InChI is InChI=1S/C15H33N3O3S/c1-6-15(7-2,12-19)11-17-14(16-8-3)18-13(4)9-10-22(5,20)21/h13,19H,6-12H2,1-5H3,(H2,16,17,18). The van der Waals surface area contributed by atoms with Gasteiger partial charge in [0.25, 0.3) is 0 Å². The van der Waals surface area contributed by atoms with Gasteiger partial charge < -0.3 is 15.7 Å². The number of aliphatic hydroxyl groups is 1. The van der Waals surface area contributed by atoms with E-state index in [2.05, 4.69) is 29.5 Å². The monoisotopic (exact) mass is 335 g/mol. The van der Waals surface area contributed by atoms with Crippen molar-refractivity contribution >= 4 is 15.8 Å². The summed E-state index contributed by atoms with van der Waals surface area (Å²) in [4.78, 5) is 4.57. The lowest BCUT2D eigenvalue weighted by Crippen LogP contribution is -2.43. The second-order valence-electron chi connectivity index (χ2n) is 6.02. The fraction of sp³-hybridized carbons (Fsp3) is 0.933. The van der Waals surface area contributed by atoms with Crippen LogP contribution in [-0.4, -0.2) is 57.2 Å². The molecule has 0 heterocycles. The molecule has 0 bridgehead atoms. The molecule has 0 aromatic carbocycles. The molecule has 0 fully saturated rings. The largest absolute Gasteiger partial charge is 0.396 e. The minimum Gasteiger partial charge on any atom is -0.396 e. The van der Waals surface area contributed by atoms with Crippen molar-refractivity contribution < 1.29 is 13.5 Å². The molecule has 3 N–H and O–H groups in total. The average molecular weight is 336 g/mol. The smallest absolute Gasteiger partial charge is 0.191 e. The number of sulfone groups is 1. The molecule has 0 saturated carbocycles. The van der Waals surface area contributed by atoms with E-state index in [1.807, 2.05) is 13.8 Å². The van der Waals surface area contributed by atoms with Gasteiger partial charge in [-0.1, -0.05) is 13.8 Å². The predicted octanol–water partition coefficient (Wildman–Crippen LogP) is 1.16. The lowest BCUT2D eigenvalue weighted by Gasteiger charge is -2.28. The van der Waals surface area contributed by atoms with Gasteiger partial charge in [0.2, 0.25) is 0 Å². The van der Waals surface area contributed by atoms with E-state index in [4.69, 9.17) is 0 Å². The number of nitrogens with one attached hydrogen (secondary N) is 2. The van der Waals surface area contributed by atoms with Crippen molar-refractivity contribution in [1.29, 1.82) is 0 Å². The lowest BCUT2D eigenvalue weighted by atomic mass is 9.83. The van der Waals surface area contributed by atoms with Gasteiger partial charge in [0.1, 0.15) is 9.84 Å². The quantitative estimate of drug-likeness (QED) is 0.412. The number of aliphatic imine (C=N–C) groups is 1. The predicted molar refractivity (Wildman–Crippen MR) is 93.0 cm³/mol. The van der Waals surface area contributed by atoms with Crippen LogP contribution >= 0.6 is 0 Å². The molecule has 132 valence electrons. The third kappa shape index (κ3) is 8.58. The number of guanidine groups is 1. The Kier molecular flexibility index (Phi) is 9.67. The zero-order valence-corrected chi connectivity index (χ0v) is 15.5. The maximum absolute atomic E-state index is 11.2. The average Bonchev–Trinajstić information content (AvgIpc) is 2.46. The Morgan fingerprint density at radius 3 is 2.27 bits per heavy atom. The highest BCUT2D eigenvalue weighted by Gasteiger charge is 2.25. The SMILES string of the molecule is CCNC(=NCC(CC)(CC)CO)NC(C)CCS(C)(=O)=O. The Morgan fingerprint density at radius 1 is 1.27 bits per heavy atom. The molecular formula is C15H33N3O3S. The first-order valence-corrected chi connectivity index (χ1v) is 10.1. The third-order valence-electron chi connectivity index (χ3n) is 4.06. The van der Waals surface area contributed by atoms with E-state index in [9.17, 15) is 13.5 Å². The van der Waals surface area contributed by atoms with Gasteiger partial charge in [-0.05, 0) is 33.1 Å². The van der Waals surface area contributed by atoms with Gasteiger partial charge in [0, 0.05) is 24.3 Å². The first kappa shape index (κ1) is 21.2. The van der Waals surface area contributed by atoms with E-state index in [-0.39, 0.29) is 23.8 Å². The summed E-state index contributed by atoms with van der Waals surface area (Å²) < 4.78 is 22.4. The Labute approximate surface area is 135 Å². The van der Waals surface area contributed by atoms with E-state index in [1.54, 1.807) is 0 Å². The van der Waals surface area contributed by atoms with Crippen LogP contribution in [0.4, 0.5) is 0 Å². The van der Waals surface area contributed by atoms with Crippen LogP contribution in [0.1, 0.15) is 47.0 Å². The number of nitrogens with zero attached hydrogens (tertiary/aromatic N) is 1. The molecule has 0 aliphatic carbocycles. The topological polar surface area (TPSA) is 90.8 Å². The molecule has 0 amide bonds. The van der Waals surface area contributed by atoms with Crippen molar-refractivity contribution in [3.63, 3.8) is 0 Å². The van der Waals surface area contributed by atoms with Crippen molar-refractivity contribution in [3.8, 4) is 0 Å². The number of hydrogen-bond donors (Lipinski definition) is 3. The Balaban J connectivity index is 4.73. The minimum absolute atomic E-state index is 0.0132. The first-order valence-electron chi connectivity index (χ1n) is 8.05. The third-order valence-corrected chi connectivity index (χ3v) is 5.03. The maximum Gasteiger partial charge on any atom is 0.191 e. The van der Waals surface area contributed by atoms with Crippen LogP contribution in [0.25, 0.3) is 0 Å². The number of hydrogen-bond acceptors (Lipinski definition) is 4. The summed E-state index contributed by atoms with van der Waals surface area (Å²) in [5.41, 5.74) is -0.182. The molecule has 1 unspecified atom stereocenters. The molecule has 0 saturated heterocycles. The summed E-state index contributed by atoms with van der Waals surface area (Å²) in [6.07, 6.45) is 3.52. The molecule has 7 heteroatoms. The summed E-state index contributed by atoms with van der Waals surface area (Å²) in [6.45, 7) is 9.44. The molecule has 0 spiro atoms. The molecular weight excluding hydrogens is 302 g/mol. The molecule has 0 rings (SSSR count). The number of rotatable bonds is 10. The normalized spacial score (nSPS) is 14.7. The van der Waals surface area contributed by atoms with Crippen LogP contribution in [0.2, 0.25) is 0 Å². The highest BCUT2D eigenvalue weighted by Crippen LogP contribution is 2.25. The molecule has 0 aliphatic rings. The molecule has 0 aromatic rings.